The van der Waals surface area contributed by atoms with E-state index in [1.807, 2.05) is 32.9 Å². The topological polar surface area (TPSA) is 24.5 Å². The van der Waals surface area contributed by atoms with Gasteiger partial charge in [-0.15, -0.1) is 0 Å². The Balaban J connectivity index is 2.62. The van der Waals surface area contributed by atoms with Crippen LogP contribution in [-0.2, 0) is 4.74 Å². The van der Waals surface area contributed by atoms with E-state index in [4.69, 9.17) is 4.74 Å². The monoisotopic (exact) mass is 167 g/mol. The summed E-state index contributed by atoms with van der Waals surface area (Å²) in [5.41, 5.74) is 2.72. The molecule has 0 amide bonds. The van der Waals surface area contributed by atoms with Crippen LogP contribution in [0.2, 0.25) is 0 Å². The van der Waals surface area contributed by atoms with Crippen LogP contribution in [0.25, 0.3) is 0 Å². The van der Waals surface area contributed by atoms with Gasteiger partial charge in [0.2, 0.25) is 5.88 Å². The minimum Gasteiger partial charge on any atom is -0.472 e. The van der Waals surface area contributed by atoms with E-state index in [0.717, 1.165) is 5.88 Å². The minimum atomic E-state index is -0.186. The normalized spacial score (nSPS) is 17.0. The van der Waals surface area contributed by atoms with Gasteiger partial charge in [-0.3, -0.25) is 5.01 Å². The first-order valence-electron chi connectivity index (χ1n) is 3.92. The largest absolute Gasteiger partial charge is 0.472 e. The molecular weight excluding hydrogens is 152 g/mol. The van der Waals surface area contributed by atoms with Crippen molar-refractivity contribution in [3.63, 3.8) is 0 Å². The van der Waals surface area contributed by atoms with Crippen molar-refractivity contribution >= 4 is 0 Å². The lowest BCUT2D eigenvalue weighted by Gasteiger charge is -2.30. The highest BCUT2D eigenvalue weighted by molar-refractivity contribution is 5.11. The van der Waals surface area contributed by atoms with Gasteiger partial charge in [0.05, 0.1) is 7.05 Å². The van der Waals surface area contributed by atoms with Gasteiger partial charge < -0.3 is 10.2 Å². The molecule has 1 heterocycles. The van der Waals surface area contributed by atoms with Crippen molar-refractivity contribution in [3.8, 4) is 0 Å². The first-order valence-corrected chi connectivity index (χ1v) is 3.92. The van der Waals surface area contributed by atoms with E-state index in [9.17, 15) is 0 Å². The van der Waals surface area contributed by atoms with Crippen LogP contribution < -0.4 is 5.43 Å². The standard InChI is InChI=1S/C9H15N2O/c1-9(2,3)12-8-6-5-7-10-11(8)4/h5-7,10H,4H2,1-3H3. The van der Waals surface area contributed by atoms with Crippen molar-refractivity contribution in [1.29, 1.82) is 0 Å². The number of hydrazine groups is 1. The lowest BCUT2D eigenvalue weighted by molar-refractivity contribution is 0.00380. The fourth-order valence-corrected chi connectivity index (χ4v) is 0.820. The first kappa shape index (κ1) is 8.97. The maximum absolute atomic E-state index is 5.60. The second-order valence-corrected chi connectivity index (χ2v) is 3.64. The molecule has 0 aromatic carbocycles. The Labute approximate surface area is 73.7 Å². The Morgan fingerprint density at radius 1 is 1.50 bits per heavy atom. The highest BCUT2D eigenvalue weighted by atomic mass is 16.5. The highest BCUT2D eigenvalue weighted by Gasteiger charge is 2.16. The van der Waals surface area contributed by atoms with Crippen LogP contribution >= 0.6 is 0 Å². The Morgan fingerprint density at radius 2 is 2.17 bits per heavy atom. The summed E-state index contributed by atoms with van der Waals surface area (Å²) in [6, 6.07) is 0. The van der Waals surface area contributed by atoms with Crippen molar-refractivity contribution in [2.45, 2.75) is 26.4 Å². The molecule has 0 bridgehead atoms. The summed E-state index contributed by atoms with van der Waals surface area (Å²) >= 11 is 0. The molecule has 12 heavy (non-hydrogen) atoms. The summed E-state index contributed by atoms with van der Waals surface area (Å²) in [5, 5.41) is 1.59. The summed E-state index contributed by atoms with van der Waals surface area (Å²) < 4.78 is 5.60. The molecule has 67 valence electrons. The van der Waals surface area contributed by atoms with E-state index in [-0.39, 0.29) is 5.60 Å². The maximum Gasteiger partial charge on any atom is 0.208 e. The van der Waals surface area contributed by atoms with Crippen LogP contribution in [0.3, 0.4) is 0 Å². The Hall–Kier alpha value is -1.12. The Bertz CT molecular complexity index is 213. The molecule has 0 aliphatic carbocycles. The average molecular weight is 167 g/mol. The predicted molar refractivity (Wildman–Crippen MR) is 48.4 cm³/mol. The molecule has 1 radical (unpaired) electrons. The average Bonchev–Trinajstić information content (AvgIpc) is 1.91. The van der Waals surface area contributed by atoms with E-state index < -0.39 is 0 Å². The van der Waals surface area contributed by atoms with Gasteiger partial charge in [-0.2, -0.15) is 0 Å². The van der Waals surface area contributed by atoms with Crippen LogP contribution in [0.15, 0.2) is 24.2 Å². The molecule has 0 spiro atoms. The van der Waals surface area contributed by atoms with Gasteiger partial charge in [0, 0.05) is 12.3 Å². The second-order valence-electron chi connectivity index (χ2n) is 3.64. The number of hydrogen-bond acceptors (Lipinski definition) is 3. The quantitative estimate of drug-likeness (QED) is 0.644. The molecule has 0 saturated carbocycles. The molecule has 1 N–H and O–H groups in total. The van der Waals surface area contributed by atoms with Crippen LogP contribution in [0.1, 0.15) is 20.8 Å². The summed E-state index contributed by atoms with van der Waals surface area (Å²) in [4.78, 5) is 0. The smallest absolute Gasteiger partial charge is 0.208 e. The third-order valence-corrected chi connectivity index (χ3v) is 1.24. The Kier molecular flexibility index (Phi) is 2.31. The molecule has 1 aliphatic rings. The zero-order chi connectivity index (χ0) is 9.19. The van der Waals surface area contributed by atoms with Crippen molar-refractivity contribution in [1.82, 2.24) is 10.4 Å². The molecule has 3 nitrogen and oxygen atoms in total. The fourth-order valence-electron chi connectivity index (χ4n) is 0.820. The van der Waals surface area contributed by atoms with Crippen molar-refractivity contribution in [3.05, 3.63) is 31.3 Å². The van der Waals surface area contributed by atoms with Gasteiger partial charge in [0.1, 0.15) is 5.60 Å². The lowest BCUT2D eigenvalue weighted by Crippen LogP contribution is -2.34. The van der Waals surface area contributed by atoms with Gasteiger partial charge in [-0.25, -0.2) is 0 Å². The molecule has 0 saturated heterocycles. The SMILES string of the molecule is [CH2]N1NC=CC=C1OC(C)(C)C. The van der Waals surface area contributed by atoms with E-state index >= 15 is 0 Å². The zero-order valence-corrected chi connectivity index (χ0v) is 7.79. The number of allylic oxidation sites excluding steroid dienone is 2. The molecule has 3 heteroatoms. The zero-order valence-electron chi connectivity index (χ0n) is 7.79. The number of nitrogens with zero attached hydrogens (tertiary/aromatic N) is 1. The summed E-state index contributed by atoms with van der Waals surface area (Å²) in [7, 11) is 3.74. The molecular formula is C9H15N2O. The second kappa shape index (κ2) is 3.09. The van der Waals surface area contributed by atoms with Gasteiger partial charge >= 0.3 is 0 Å². The molecule has 0 fully saturated rings. The van der Waals surface area contributed by atoms with E-state index in [1.54, 1.807) is 11.2 Å². The molecule has 0 unspecified atom stereocenters. The third kappa shape index (κ3) is 2.49. The van der Waals surface area contributed by atoms with Gasteiger partial charge in [-0.05, 0) is 26.8 Å². The fraction of sp³-hybridized carbons (Fsp3) is 0.444. The molecule has 1 aliphatic heterocycles. The lowest BCUT2D eigenvalue weighted by atomic mass is 10.2. The molecule has 0 aromatic rings. The number of ether oxygens (including phenoxy) is 1. The van der Waals surface area contributed by atoms with Crippen molar-refractivity contribution in [2.24, 2.45) is 0 Å². The molecule has 0 aromatic heterocycles. The Morgan fingerprint density at radius 3 is 2.67 bits per heavy atom. The molecule has 1 rings (SSSR count). The van der Waals surface area contributed by atoms with Gasteiger partial charge in [0.25, 0.3) is 0 Å². The maximum atomic E-state index is 5.60. The van der Waals surface area contributed by atoms with Crippen molar-refractivity contribution in [2.75, 3.05) is 0 Å². The first-order chi connectivity index (χ1) is 5.49. The van der Waals surface area contributed by atoms with Gasteiger partial charge in [-0.1, -0.05) is 0 Å². The summed E-state index contributed by atoms with van der Waals surface area (Å²) in [6.45, 7) is 6.00. The summed E-state index contributed by atoms with van der Waals surface area (Å²) in [5.74, 6) is 0.727. The van der Waals surface area contributed by atoms with Crippen molar-refractivity contribution < 1.29 is 4.74 Å². The predicted octanol–water partition coefficient (Wildman–Crippen LogP) is 1.77. The highest BCUT2D eigenvalue weighted by Crippen LogP contribution is 2.16. The number of nitrogens with one attached hydrogen (secondary N) is 1. The van der Waals surface area contributed by atoms with Gasteiger partial charge in [0.15, 0.2) is 0 Å². The van der Waals surface area contributed by atoms with Crippen LogP contribution in [-0.4, -0.2) is 10.6 Å². The third-order valence-electron chi connectivity index (χ3n) is 1.24. The van der Waals surface area contributed by atoms with Crippen LogP contribution in [0, 0.1) is 7.05 Å². The number of hydrogen-bond donors (Lipinski definition) is 1. The van der Waals surface area contributed by atoms with E-state index in [0.29, 0.717) is 0 Å². The van der Waals surface area contributed by atoms with E-state index in [2.05, 4.69) is 12.5 Å². The van der Waals surface area contributed by atoms with E-state index in [1.165, 1.54) is 0 Å². The van der Waals surface area contributed by atoms with Crippen LogP contribution in [0.4, 0.5) is 0 Å². The summed E-state index contributed by atoms with van der Waals surface area (Å²) in [6.07, 6.45) is 5.54. The van der Waals surface area contributed by atoms with Crippen LogP contribution in [0.5, 0.6) is 0 Å². The molecule has 0 atom stereocenters. The number of rotatable bonds is 1. The minimum absolute atomic E-state index is 0.186.